The van der Waals surface area contributed by atoms with E-state index in [1.807, 2.05) is 13.8 Å². The number of aryl methyl sites for hydroxylation is 2. The molecule has 7 nitrogen and oxygen atoms in total. The lowest BCUT2D eigenvalue weighted by atomic mass is 9.99. The van der Waals surface area contributed by atoms with Crippen LogP contribution in [0, 0.1) is 6.92 Å². The monoisotopic (exact) mass is 318 g/mol. The molecule has 3 rings (SSSR count). The number of aromatic nitrogens is 3. The summed E-state index contributed by atoms with van der Waals surface area (Å²) in [5.74, 6) is 1.29. The summed E-state index contributed by atoms with van der Waals surface area (Å²) in [6.07, 6.45) is 3.01. The molecular weight excluding hydrogens is 296 g/mol. The van der Waals surface area contributed by atoms with Crippen molar-refractivity contribution in [3.8, 4) is 0 Å². The average molecular weight is 318 g/mol. The van der Waals surface area contributed by atoms with Gasteiger partial charge < -0.3 is 14.5 Å². The summed E-state index contributed by atoms with van der Waals surface area (Å²) in [5, 5.41) is 7.39. The number of nitrogens with one attached hydrogen (secondary N) is 1. The summed E-state index contributed by atoms with van der Waals surface area (Å²) in [6.45, 7) is 6.28. The smallest absolute Gasteiger partial charge is 0.269 e. The van der Waals surface area contributed by atoms with Crippen LogP contribution in [0.2, 0.25) is 0 Å². The highest BCUT2D eigenvalue weighted by atomic mass is 16.5. The van der Waals surface area contributed by atoms with Crippen molar-refractivity contribution >= 4 is 5.91 Å². The molecule has 1 aliphatic rings. The largest absolute Gasteiger partial charge is 0.446 e. The van der Waals surface area contributed by atoms with E-state index in [4.69, 9.17) is 9.15 Å². The van der Waals surface area contributed by atoms with E-state index >= 15 is 0 Å². The van der Waals surface area contributed by atoms with Crippen LogP contribution in [0.15, 0.2) is 10.6 Å². The normalized spacial score (nSPS) is 20.3. The first-order valence-electron chi connectivity index (χ1n) is 7.86. The van der Waals surface area contributed by atoms with Gasteiger partial charge in [-0.3, -0.25) is 9.48 Å². The molecule has 0 aliphatic carbocycles. The lowest BCUT2D eigenvalue weighted by molar-refractivity contribution is -0.00709. The van der Waals surface area contributed by atoms with Crippen LogP contribution in [0.25, 0.3) is 0 Å². The molecule has 0 fully saturated rings. The molecule has 0 unspecified atom stereocenters. The van der Waals surface area contributed by atoms with Crippen molar-refractivity contribution in [2.45, 2.75) is 45.8 Å². The molecule has 3 heterocycles. The first kappa shape index (κ1) is 15.7. The number of hydrogen-bond acceptors (Lipinski definition) is 5. The summed E-state index contributed by atoms with van der Waals surface area (Å²) < 4.78 is 12.8. The number of ether oxygens (including phenoxy) is 1. The van der Waals surface area contributed by atoms with Gasteiger partial charge in [-0.25, -0.2) is 4.98 Å². The molecule has 23 heavy (non-hydrogen) atoms. The van der Waals surface area contributed by atoms with Gasteiger partial charge in [0.05, 0.1) is 24.1 Å². The molecule has 0 spiro atoms. The lowest BCUT2D eigenvalue weighted by Gasteiger charge is -2.24. The van der Waals surface area contributed by atoms with E-state index in [-0.39, 0.29) is 18.1 Å². The SMILES string of the molecule is Cc1ncc(CCNC(=O)c2c3c(nn2C)[C@H](C)O[C@H](C)C3)o1. The second kappa shape index (κ2) is 6.16. The van der Waals surface area contributed by atoms with Crippen molar-refractivity contribution < 1.29 is 13.9 Å². The molecule has 0 aromatic carbocycles. The third-order valence-corrected chi connectivity index (χ3v) is 4.03. The molecule has 0 bridgehead atoms. The highest BCUT2D eigenvalue weighted by molar-refractivity contribution is 5.94. The number of amides is 1. The van der Waals surface area contributed by atoms with Gasteiger partial charge in [0, 0.05) is 38.9 Å². The molecule has 1 amide bonds. The number of nitrogens with zero attached hydrogens (tertiary/aromatic N) is 3. The van der Waals surface area contributed by atoms with Crippen molar-refractivity contribution in [1.29, 1.82) is 0 Å². The minimum Gasteiger partial charge on any atom is -0.446 e. The summed E-state index contributed by atoms with van der Waals surface area (Å²) in [5.41, 5.74) is 2.48. The first-order valence-corrected chi connectivity index (χ1v) is 7.86. The minimum atomic E-state index is -0.112. The van der Waals surface area contributed by atoms with Crippen LogP contribution in [0.5, 0.6) is 0 Å². The van der Waals surface area contributed by atoms with Crippen LogP contribution in [0.4, 0.5) is 0 Å². The number of hydrogen-bond donors (Lipinski definition) is 1. The van der Waals surface area contributed by atoms with Crippen LogP contribution in [-0.4, -0.2) is 33.3 Å². The number of carbonyl (C=O) groups is 1. The van der Waals surface area contributed by atoms with Crippen molar-refractivity contribution in [2.24, 2.45) is 7.05 Å². The fourth-order valence-electron chi connectivity index (χ4n) is 3.05. The second-order valence-electron chi connectivity index (χ2n) is 5.98. The van der Waals surface area contributed by atoms with Gasteiger partial charge >= 0.3 is 0 Å². The van der Waals surface area contributed by atoms with Gasteiger partial charge in [-0.15, -0.1) is 0 Å². The van der Waals surface area contributed by atoms with E-state index in [1.54, 1.807) is 24.9 Å². The second-order valence-corrected chi connectivity index (χ2v) is 5.98. The van der Waals surface area contributed by atoms with E-state index in [1.165, 1.54) is 0 Å². The minimum absolute atomic E-state index is 0.0846. The lowest BCUT2D eigenvalue weighted by Crippen LogP contribution is -2.30. The summed E-state index contributed by atoms with van der Waals surface area (Å²) in [4.78, 5) is 16.6. The van der Waals surface area contributed by atoms with E-state index < -0.39 is 0 Å². The third-order valence-electron chi connectivity index (χ3n) is 4.03. The Hall–Kier alpha value is -2.15. The van der Waals surface area contributed by atoms with Gasteiger partial charge in [0.1, 0.15) is 11.5 Å². The Morgan fingerprint density at radius 1 is 1.48 bits per heavy atom. The first-order chi connectivity index (χ1) is 11.0. The molecule has 1 aliphatic heterocycles. The Kier molecular flexibility index (Phi) is 4.21. The average Bonchev–Trinajstić information content (AvgIpc) is 3.02. The number of fused-ring (bicyclic) bond motifs is 1. The Bertz CT molecular complexity index is 719. The van der Waals surface area contributed by atoms with Crippen LogP contribution in [0.1, 0.15) is 53.3 Å². The van der Waals surface area contributed by atoms with Crippen LogP contribution < -0.4 is 5.32 Å². The molecule has 0 saturated carbocycles. The molecule has 1 N–H and O–H groups in total. The third kappa shape index (κ3) is 3.14. The molecule has 0 radical (unpaired) electrons. The summed E-state index contributed by atoms with van der Waals surface area (Å²) in [7, 11) is 1.80. The molecular formula is C16H22N4O3. The highest BCUT2D eigenvalue weighted by Gasteiger charge is 2.31. The molecule has 2 aromatic heterocycles. The molecule has 0 saturated heterocycles. The van der Waals surface area contributed by atoms with Crippen LogP contribution >= 0.6 is 0 Å². The number of carbonyl (C=O) groups excluding carboxylic acids is 1. The Morgan fingerprint density at radius 2 is 2.26 bits per heavy atom. The molecule has 7 heteroatoms. The van der Waals surface area contributed by atoms with Gasteiger partial charge in [-0.2, -0.15) is 5.10 Å². The summed E-state index contributed by atoms with van der Waals surface area (Å²) in [6, 6.07) is 0. The van der Waals surface area contributed by atoms with Gasteiger partial charge in [0.2, 0.25) is 0 Å². The zero-order valence-electron chi connectivity index (χ0n) is 13.9. The standard InChI is InChI=1S/C16H22N4O3/c1-9-7-13-14(10(2)22-9)19-20(4)15(13)16(21)17-6-5-12-8-18-11(3)23-12/h8-10H,5-7H2,1-4H3,(H,17,21)/t9-,10+/m1/s1. The van der Waals surface area contributed by atoms with Crippen molar-refractivity contribution in [3.63, 3.8) is 0 Å². The maximum absolute atomic E-state index is 12.5. The van der Waals surface area contributed by atoms with Crippen molar-refractivity contribution in [3.05, 3.63) is 34.8 Å². The van der Waals surface area contributed by atoms with E-state index in [0.29, 0.717) is 31.0 Å². The molecule has 124 valence electrons. The van der Waals surface area contributed by atoms with Crippen molar-refractivity contribution in [2.75, 3.05) is 6.54 Å². The Labute approximate surface area is 135 Å². The topological polar surface area (TPSA) is 82.2 Å². The van der Waals surface area contributed by atoms with Crippen LogP contribution in [0.3, 0.4) is 0 Å². The summed E-state index contributed by atoms with van der Waals surface area (Å²) >= 11 is 0. The Balaban J connectivity index is 1.70. The zero-order valence-corrected chi connectivity index (χ0v) is 13.9. The van der Waals surface area contributed by atoms with Crippen LogP contribution in [-0.2, 0) is 24.6 Å². The Morgan fingerprint density at radius 3 is 2.96 bits per heavy atom. The quantitative estimate of drug-likeness (QED) is 0.928. The number of oxazole rings is 1. The van der Waals surface area contributed by atoms with E-state index in [2.05, 4.69) is 15.4 Å². The van der Waals surface area contributed by atoms with E-state index in [0.717, 1.165) is 17.0 Å². The predicted octanol–water partition coefficient (Wildman–Crippen LogP) is 1.71. The fourth-order valence-corrected chi connectivity index (χ4v) is 3.05. The molecule has 2 aromatic rings. The zero-order chi connectivity index (χ0) is 16.6. The van der Waals surface area contributed by atoms with Gasteiger partial charge in [0.15, 0.2) is 5.89 Å². The maximum Gasteiger partial charge on any atom is 0.269 e. The number of rotatable bonds is 4. The van der Waals surface area contributed by atoms with Gasteiger partial charge in [-0.1, -0.05) is 0 Å². The predicted molar refractivity (Wildman–Crippen MR) is 83.2 cm³/mol. The molecule has 2 atom stereocenters. The van der Waals surface area contributed by atoms with Gasteiger partial charge in [-0.05, 0) is 13.8 Å². The fraction of sp³-hybridized carbons (Fsp3) is 0.562. The highest BCUT2D eigenvalue weighted by Crippen LogP contribution is 2.30. The van der Waals surface area contributed by atoms with Crippen molar-refractivity contribution in [1.82, 2.24) is 20.1 Å². The maximum atomic E-state index is 12.5. The van der Waals surface area contributed by atoms with E-state index in [9.17, 15) is 4.79 Å². The van der Waals surface area contributed by atoms with Gasteiger partial charge in [0.25, 0.3) is 5.91 Å².